The van der Waals surface area contributed by atoms with Crippen molar-refractivity contribution in [3.05, 3.63) is 37.5 Å². The van der Waals surface area contributed by atoms with Gasteiger partial charge in [0.05, 0.1) is 25.9 Å². The molecule has 7 rings (SSSR count). The number of anilines is 2. The quantitative estimate of drug-likeness (QED) is 0.0778. The molecule has 1 aliphatic carbocycles. The highest BCUT2D eigenvalue weighted by Gasteiger charge is 2.73. The first kappa shape index (κ1) is 28.1. The van der Waals surface area contributed by atoms with Crippen LogP contribution >= 0.6 is 7.82 Å². The van der Waals surface area contributed by atoms with Crippen molar-refractivity contribution in [2.24, 2.45) is 0 Å². The molecule has 0 aromatic carbocycles. The number of aromatic nitrogens is 8. The second-order valence-corrected chi connectivity index (χ2v) is 11.5. The number of phosphoric acid groups is 1. The lowest BCUT2D eigenvalue weighted by atomic mass is 9.76. The Kier molecular flexibility index (Phi) is 6.31. The fraction of sp³-hybridized carbons (Fsp3) is 0.455. The third kappa shape index (κ3) is 3.93. The van der Waals surface area contributed by atoms with Gasteiger partial charge < -0.3 is 46.3 Å². The molecule has 2 aliphatic heterocycles. The lowest BCUT2D eigenvalue weighted by molar-refractivity contribution is -0.156. The van der Waals surface area contributed by atoms with E-state index in [-0.39, 0.29) is 34.0 Å². The second kappa shape index (κ2) is 9.66. The number of fused-ring (bicyclic) bond motifs is 3. The van der Waals surface area contributed by atoms with Crippen LogP contribution in [-0.4, -0.2) is 114 Å². The van der Waals surface area contributed by atoms with E-state index < -0.39 is 69.1 Å². The van der Waals surface area contributed by atoms with Crippen LogP contribution in [0.1, 0.15) is 6.23 Å². The molecule has 9 N–H and O–H groups in total. The molecule has 20 nitrogen and oxygen atoms in total. The predicted octanol–water partition coefficient (Wildman–Crippen LogP) is -2.70. The van der Waals surface area contributed by atoms with Crippen LogP contribution in [0.5, 0.6) is 0 Å². The molecule has 6 heterocycles. The average molecular weight is 620 g/mol. The summed E-state index contributed by atoms with van der Waals surface area (Å²) < 4.78 is 38.4. The Morgan fingerprint density at radius 1 is 0.930 bits per heavy atom. The van der Waals surface area contributed by atoms with Gasteiger partial charge in [0.1, 0.15) is 54.2 Å². The third-order valence-corrected chi connectivity index (χ3v) is 8.81. The molecular formula is C22H25N10O10P. The van der Waals surface area contributed by atoms with E-state index >= 15 is 0 Å². The topological polar surface area (TPSA) is 294 Å². The summed E-state index contributed by atoms with van der Waals surface area (Å²) in [6, 6.07) is 0. The summed E-state index contributed by atoms with van der Waals surface area (Å²) in [5.74, 6) is 0.148. The van der Waals surface area contributed by atoms with Gasteiger partial charge in [-0.25, -0.2) is 34.5 Å². The van der Waals surface area contributed by atoms with Gasteiger partial charge in [0.25, 0.3) is 0 Å². The molecular weight excluding hydrogens is 595 g/mol. The van der Waals surface area contributed by atoms with Gasteiger partial charge in [0.15, 0.2) is 34.8 Å². The molecule has 228 valence electrons. The molecule has 1 unspecified atom stereocenters. The highest BCUT2D eigenvalue weighted by atomic mass is 31.2. The van der Waals surface area contributed by atoms with Crippen molar-refractivity contribution < 1.29 is 48.4 Å². The number of phosphoric ester groups is 1. The Morgan fingerprint density at radius 3 is 2.28 bits per heavy atom. The van der Waals surface area contributed by atoms with Crippen molar-refractivity contribution in [3.63, 3.8) is 0 Å². The number of ether oxygens (including phenoxy) is 2. The third-order valence-electron chi connectivity index (χ3n) is 7.81. The lowest BCUT2D eigenvalue weighted by Gasteiger charge is -2.48. The average Bonchev–Trinajstić information content (AvgIpc) is 3.70. The molecule has 0 spiro atoms. The van der Waals surface area contributed by atoms with E-state index in [0.29, 0.717) is 0 Å². The lowest BCUT2D eigenvalue weighted by Crippen LogP contribution is -2.62. The zero-order chi connectivity index (χ0) is 30.3. The Morgan fingerprint density at radius 2 is 1.60 bits per heavy atom. The minimum absolute atomic E-state index is 0.0543. The van der Waals surface area contributed by atoms with Crippen molar-refractivity contribution in [2.45, 2.75) is 48.1 Å². The van der Waals surface area contributed by atoms with Crippen LogP contribution in [0.25, 0.3) is 22.3 Å². The molecule has 43 heavy (non-hydrogen) atoms. The van der Waals surface area contributed by atoms with Gasteiger partial charge in [-0.05, 0) is 12.2 Å². The fourth-order valence-corrected chi connectivity index (χ4v) is 6.72. The molecule has 2 fully saturated rings. The summed E-state index contributed by atoms with van der Waals surface area (Å²) in [6.45, 7) is -1.39. The van der Waals surface area contributed by atoms with Crippen LogP contribution in [0.3, 0.4) is 0 Å². The van der Waals surface area contributed by atoms with E-state index in [1.807, 2.05) is 0 Å². The summed E-state index contributed by atoms with van der Waals surface area (Å²) in [6.07, 6.45) is -0.865. The summed E-state index contributed by atoms with van der Waals surface area (Å²) in [4.78, 5) is 35.1. The molecule has 0 radical (unpaired) electrons. The summed E-state index contributed by atoms with van der Waals surface area (Å²) in [5.41, 5.74) is 8.67. The molecule has 2 saturated heterocycles. The Labute approximate surface area is 239 Å². The van der Waals surface area contributed by atoms with Gasteiger partial charge in [0, 0.05) is 0 Å². The van der Waals surface area contributed by atoms with Gasteiger partial charge >= 0.3 is 7.82 Å². The Balaban J connectivity index is 1.13. The minimum Gasteiger partial charge on any atom is -0.394 e. The maximum Gasteiger partial charge on any atom is 0.473 e. The van der Waals surface area contributed by atoms with E-state index in [1.165, 1.54) is 46.6 Å². The highest BCUT2D eigenvalue weighted by Crippen LogP contribution is 2.62. The molecule has 21 heteroatoms. The summed E-state index contributed by atoms with van der Waals surface area (Å²) in [5, 5.41) is 42.3. The number of nitrogen functional groups attached to an aromatic ring is 2. The van der Waals surface area contributed by atoms with Gasteiger partial charge in [-0.2, -0.15) is 0 Å². The largest absolute Gasteiger partial charge is 0.473 e. The number of hydrogen-bond donors (Lipinski definition) is 7. The highest BCUT2D eigenvalue weighted by molar-refractivity contribution is 7.47. The molecule has 3 aliphatic rings. The predicted molar refractivity (Wildman–Crippen MR) is 140 cm³/mol. The van der Waals surface area contributed by atoms with Crippen LogP contribution in [0.15, 0.2) is 37.5 Å². The van der Waals surface area contributed by atoms with E-state index in [4.69, 9.17) is 30.0 Å². The minimum atomic E-state index is -5.10. The number of rotatable bonds is 8. The van der Waals surface area contributed by atoms with Crippen LogP contribution in [0.2, 0.25) is 0 Å². The van der Waals surface area contributed by atoms with Crippen molar-refractivity contribution >= 4 is 41.8 Å². The number of aliphatic hydroxyl groups excluding tert-OH is 4. The first-order valence-corrected chi connectivity index (χ1v) is 14.3. The van der Waals surface area contributed by atoms with Crippen molar-refractivity contribution in [3.8, 4) is 0 Å². The summed E-state index contributed by atoms with van der Waals surface area (Å²) in [7, 11) is -5.10. The Bertz CT molecular complexity index is 1800. The first-order chi connectivity index (χ1) is 20.5. The number of nitrogens with two attached hydrogens (primary N) is 2. The SMILES string of the molecule is Nc1ncnc2c1ncn2[C@@H]1O[C@H](COP(=O)(O)O[C@@]23C=C[C@@]2(n2cnc4c(N)ncnc42)O[C@H](CO)[C@H]3O)[C@@H](O)[C@H]1O. The zero-order valence-corrected chi connectivity index (χ0v) is 22.7. The molecule has 0 saturated carbocycles. The van der Waals surface area contributed by atoms with Crippen LogP contribution in [0, 0.1) is 0 Å². The second-order valence-electron chi connectivity index (χ2n) is 10.1. The fourth-order valence-electron chi connectivity index (χ4n) is 5.65. The van der Waals surface area contributed by atoms with Crippen LogP contribution in [0.4, 0.5) is 11.6 Å². The van der Waals surface area contributed by atoms with Crippen molar-refractivity contribution in [1.29, 1.82) is 0 Å². The first-order valence-electron chi connectivity index (χ1n) is 12.8. The molecule has 0 bridgehead atoms. The molecule has 0 amide bonds. The zero-order valence-electron chi connectivity index (χ0n) is 21.8. The molecule has 4 aromatic heterocycles. The van der Waals surface area contributed by atoms with Crippen molar-refractivity contribution in [1.82, 2.24) is 39.0 Å². The van der Waals surface area contributed by atoms with Crippen molar-refractivity contribution in [2.75, 3.05) is 24.7 Å². The maximum atomic E-state index is 13.3. The number of imidazole rings is 2. The number of aliphatic hydroxyl groups is 4. The van der Waals surface area contributed by atoms with Gasteiger partial charge in [-0.3, -0.25) is 18.2 Å². The Hall–Kier alpha value is -3.69. The van der Waals surface area contributed by atoms with Gasteiger partial charge in [0.2, 0.25) is 5.72 Å². The number of hydrogen-bond acceptors (Lipinski definition) is 17. The van der Waals surface area contributed by atoms with Gasteiger partial charge in [-0.1, -0.05) is 0 Å². The normalized spacial score (nSPS) is 34.9. The van der Waals surface area contributed by atoms with E-state index in [0.717, 1.165) is 0 Å². The maximum absolute atomic E-state index is 13.3. The number of nitrogens with zero attached hydrogens (tertiary/aromatic N) is 8. The van der Waals surface area contributed by atoms with E-state index in [2.05, 4.69) is 29.9 Å². The molecule has 9 atom stereocenters. The van der Waals surface area contributed by atoms with Crippen LogP contribution < -0.4 is 11.5 Å². The standard InChI is InChI=1S/C22H25N10O10P/c23-16-11-18(27-5-25-16)31(7-29-11)20-14(35)13(34)10(40-20)4-39-43(37,38)42-21-1-2-22(21,41-9(3-33)15(21)36)32-8-30-12-17(24)26-6-28-19(12)32/h1-2,5-10,13-15,20,33-36H,3-4H2,(H,37,38)(H2,23,25,27)(H2,24,26,28)/t9-,10-,13-,14-,15-,20-,21-,22-/m1/s1. The summed E-state index contributed by atoms with van der Waals surface area (Å²) >= 11 is 0. The monoisotopic (exact) mass is 620 g/mol. The van der Waals surface area contributed by atoms with E-state index in [9.17, 15) is 29.9 Å². The molecule has 4 aromatic rings. The van der Waals surface area contributed by atoms with Crippen LogP contribution in [-0.2, 0) is 28.8 Å². The van der Waals surface area contributed by atoms with Gasteiger partial charge in [-0.15, -0.1) is 0 Å². The van der Waals surface area contributed by atoms with E-state index in [1.54, 1.807) is 0 Å². The smallest absolute Gasteiger partial charge is 0.394 e.